The fourth-order valence-electron chi connectivity index (χ4n) is 3.02. The molecule has 0 aromatic carbocycles. The van der Waals surface area contributed by atoms with Crippen LogP contribution in [0.5, 0.6) is 0 Å². The topological polar surface area (TPSA) is 17.8 Å². The molecule has 2 nitrogen and oxygen atoms in total. The lowest BCUT2D eigenvalue weighted by atomic mass is 10.1. The van der Waals surface area contributed by atoms with Crippen molar-refractivity contribution in [3.05, 3.63) is 18.7 Å². The summed E-state index contributed by atoms with van der Waals surface area (Å²) in [6.45, 7) is 4.59. The second-order valence-electron chi connectivity index (χ2n) is 6.06. The third kappa shape index (κ3) is 5.24. The van der Waals surface area contributed by atoms with E-state index in [0.29, 0.717) is 0 Å². The number of hydrogen-bond acceptors (Lipinski definition) is 3. The first kappa shape index (κ1) is 17.3. The van der Waals surface area contributed by atoms with Gasteiger partial charge in [-0.3, -0.25) is 0 Å². The Balaban J connectivity index is 1.57. The number of imidazole rings is 1. The van der Waals surface area contributed by atoms with Crippen molar-refractivity contribution in [2.75, 3.05) is 0 Å². The van der Waals surface area contributed by atoms with E-state index in [4.69, 9.17) is 0 Å². The van der Waals surface area contributed by atoms with Crippen molar-refractivity contribution in [1.29, 1.82) is 0 Å². The molecule has 0 atom stereocenters. The van der Waals surface area contributed by atoms with Gasteiger partial charge in [0.15, 0.2) is 0 Å². The lowest BCUT2D eigenvalue weighted by molar-refractivity contribution is 0.500. The van der Waals surface area contributed by atoms with Gasteiger partial charge in [-0.05, 0) is 19.8 Å². The van der Waals surface area contributed by atoms with Crippen LogP contribution in [0.1, 0.15) is 78.1 Å². The number of aromatic nitrogens is 2. The Morgan fingerprint density at radius 1 is 1.00 bits per heavy atom. The fraction of sp³-hybridized carbons (Fsp3) is 0.824. The van der Waals surface area contributed by atoms with Crippen LogP contribution < -0.4 is 0 Å². The zero-order chi connectivity index (χ0) is 15.0. The van der Waals surface area contributed by atoms with Crippen molar-refractivity contribution in [2.45, 2.75) is 86.8 Å². The number of hydrogen-bond donors (Lipinski definition) is 0. The van der Waals surface area contributed by atoms with Crippen LogP contribution >= 0.6 is 23.5 Å². The molecule has 0 unspecified atom stereocenters. The minimum Gasteiger partial charge on any atom is -0.313 e. The zero-order valence-corrected chi connectivity index (χ0v) is 15.2. The van der Waals surface area contributed by atoms with E-state index in [9.17, 15) is 0 Å². The molecule has 2 rings (SSSR count). The Hall–Kier alpha value is -0.0900. The van der Waals surface area contributed by atoms with E-state index >= 15 is 0 Å². The molecule has 4 heteroatoms. The van der Waals surface area contributed by atoms with Gasteiger partial charge in [0.25, 0.3) is 0 Å². The van der Waals surface area contributed by atoms with E-state index in [1.165, 1.54) is 64.2 Å². The Bertz CT molecular complexity index is 372. The summed E-state index contributed by atoms with van der Waals surface area (Å²) >= 11 is 4.19. The van der Waals surface area contributed by atoms with Gasteiger partial charge in [-0.25, -0.2) is 4.98 Å². The predicted octanol–water partition coefficient (Wildman–Crippen LogP) is 6.24. The minimum absolute atomic E-state index is 0.247. The van der Waals surface area contributed by atoms with Crippen LogP contribution in [0.15, 0.2) is 18.7 Å². The normalized spacial score (nSPS) is 25.0. The first-order valence-electron chi connectivity index (χ1n) is 8.61. The zero-order valence-electron chi connectivity index (χ0n) is 13.6. The number of unbranched alkanes of at least 4 members (excludes halogenated alkanes) is 8. The highest BCUT2D eigenvalue weighted by atomic mass is 32.3. The molecule has 1 aliphatic rings. The first-order chi connectivity index (χ1) is 10.3. The van der Waals surface area contributed by atoms with E-state index < -0.39 is 0 Å². The minimum atomic E-state index is 0.247. The van der Waals surface area contributed by atoms with E-state index in [1.807, 2.05) is 12.5 Å². The monoisotopic (exact) mass is 326 g/mol. The summed E-state index contributed by atoms with van der Waals surface area (Å²) in [5.74, 6) is 0. The quantitative estimate of drug-likeness (QED) is 0.448. The standard InChI is InChI=1S/C17H30N2S2/c1-3-4-5-6-7-8-9-10-11-12-17(20-16(2)21-17)19-14-13-18-15-19/h13-16H,3-12H2,1-2H3. The maximum Gasteiger partial charge on any atom is 0.140 e. The lowest BCUT2D eigenvalue weighted by Gasteiger charge is -2.46. The molecule has 0 bridgehead atoms. The van der Waals surface area contributed by atoms with Crippen LogP contribution in [0.2, 0.25) is 0 Å². The van der Waals surface area contributed by atoms with Crippen molar-refractivity contribution >= 4 is 23.5 Å². The molecule has 1 saturated heterocycles. The van der Waals surface area contributed by atoms with Gasteiger partial charge in [-0.15, -0.1) is 23.5 Å². The third-order valence-corrected chi connectivity index (χ3v) is 7.58. The second kappa shape index (κ2) is 9.14. The van der Waals surface area contributed by atoms with Gasteiger partial charge in [0.1, 0.15) is 4.20 Å². The molecule has 0 amide bonds. The Labute approximate surface area is 138 Å². The molecule has 1 aromatic heterocycles. The summed E-state index contributed by atoms with van der Waals surface area (Å²) in [7, 11) is 0. The molecule has 21 heavy (non-hydrogen) atoms. The van der Waals surface area contributed by atoms with Gasteiger partial charge < -0.3 is 4.57 Å². The summed E-state index contributed by atoms with van der Waals surface area (Å²) in [4.78, 5) is 4.22. The Morgan fingerprint density at radius 2 is 1.62 bits per heavy atom. The number of rotatable bonds is 11. The van der Waals surface area contributed by atoms with Gasteiger partial charge >= 0.3 is 0 Å². The molecule has 0 spiro atoms. The predicted molar refractivity (Wildman–Crippen MR) is 96.7 cm³/mol. The van der Waals surface area contributed by atoms with Crippen molar-refractivity contribution in [1.82, 2.24) is 9.55 Å². The van der Waals surface area contributed by atoms with Crippen LogP contribution in [-0.2, 0) is 4.20 Å². The maximum atomic E-state index is 4.22. The van der Waals surface area contributed by atoms with Gasteiger partial charge in [-0.1, -0.05) is 58.3 Å². The summed E-state index contributed by atoms with van der Waals surface area (Å²) in [5, 5.41) is 0. The molecule has 1 aromatic rings. The van der Waals surface area contributed by atoms with Crippen molar-refractivity contribution in [2.24, 2.45) is 0 Å². The van der Waals surface area contributed by atoms with Crippen LogP contribution in [0.25, 0.3) is 0 Å². The summed E-state index contributed by atoms with van der Waals surface area (Å²) in [6, 6.07) is 0. The summed E-state index contributed by atoms with van der Waals surface area (Å²) in [5.41, 5.74) is 0. The molecule has 1 aliphatic heterocycles. The van der Waals surface area contributed by atoms with Gasteiger partial charge in [0.05, 0.1) is 10.9 Å². The molecule has 0 radical (unpaired) electrons. The molecule has 1 fully saturated rings. The molecule has 0 saturated carbocycles. The molecular weight excluding hydrogens is 296 g/mol. The van der Waals surface area contributed by atoms with Crippen LogP contribution in [-0.4, -0.2) is 14.1 Å². The van der Waals surface area contributed by atoms with E-state index in [-0.39, 0.29) is 4.20 Å². The molecule has 2 heterocycles. The van der Waals surface area contributed by atoms with Crippen molar-refractivity contribution in [3.8, 4) is 0 Å². The Morgan fingerprint density at radius 3 is 2.14 bits per heavy atom. The van der Waals surface area contributed by atoms with E-state index in [2.05, 4.69) is 53.1 Å². The SMILES string of the molecule is CCCCCCCCCCCC1(n2ccnc2)SC(C)S1. The van der Waals surface area contributed by atoms with E-state index in [0.717, 1.165) is 4.58 Å². The highest BCUT2D eigenvalue weighted by molar-refractivity contribution is 8.33. The second-order valence-corrected chi connectivity index (χ2v) is 9.86. The van der Waals surface area contributed by atoms with Crippen LogP contribution in [0.4, 0.5) is 0 Å². The van der Waals surface area contributed by atoms with Crippen molar-refractivity contribution < 1.29 is 0 Å². The van der Waals surface area contributed by atoms with Gasteiger partial charge in [0.2, 0.25) is 0 Å². The summed E-state index contributed by atoms with van der Waals surface area (Å²) < 4.78 is 3.29. The summed E-state index contributed by atoms with van der Waals surface area (Å²) in [6.07, 6.45) is 20.0. The maximum absolute atomic E-state index is 4.22. The van der Waals surface area contributed by atoms with E-state index in [1.54, 1.807) is 0 Å². The van der Waals surface area contributed by atoms with Crippen LogP contribution in [0, 0.1) is 0 Å². The molecule has 120 valence electrons. The van der Waals surface area contributed by atoms with Gasteiger partial charge in [-0.2, -0.15) is 0 Å². The smallest absolute Gasteiger partial charge is 0.140 e. The lowest BCUT2D eigenvalue weighted by Crippen LogP contribution is -2.36. The average Bonchev–Trinajstić information content (AvgIpc) is 2.97. The van der Waals surface area contributed by atoms with Crippen molar-refractivity contribution in [3.63, 3.8) is 0 Å². The number of nitrogens with zero attached hydrogens (tertiary/aromatic N) is 2. The molecular formula is C17H30N2S2. The Kier molecular flexibility index (Phi) is 7.51. The third-order valence-electron chi connectivity index (χ3n) is 4.19. The molecule has 0 aliphatic carbocycles. The fourth-order valence-corrected chi connectivity index (χ4v) is 6.59. The van der Waals surface area contributed by atoms with Gasteiger partial charge in [0, 0.05) is 12.4 Å². The number of thioether (sulfide) groups is 2. The highest BCUT2D eigenvalue weighted by Gasteiger charge is 2.44. The highest BCUT2D eigenvalue weighted by Crippen LogP contribution is 2.62. The first-order valence-corrected chi connectivity index (χ1v) is 10.4. The average molecular weight is 327 g/mol. The largest absolute Gasteiger partial charge is 0.313 e. The van der Waals surface area contributed by atoms with Crippen LogP contribution in [0.3, 0.4) is 0 Å². The molecule has 0 N–H and O–H groups in total.